The van der Waals surface area contributed by atoms with Crippen LogP contribution < -0.4 is 0 Å². The summed E-state index contributed by atoms with van der Waals surface area (Å²) in [4.78, 5) is 4.47. The van der Waals surface area contributed by atoms with E-state index in [-0.39, 0.29) is 11.3 Å². The zero-order valence-corrected chi connectivity index (χ0v) is 13.1. The van der Waals surface area contributed by atoms with Crippen LogP contribution in [-0.2, 0) is 7.05 Å². The van der Waals surface area contributed by atoms with E-state index in [1.54, 1.807) is 7.05 Å². The van der Waals surface area contributed by atoms with Gasteiger partial charge in [-0.25, -0.2) is 18.4 Å². The van der Waals surface area contributed by atoms with E-state index >= 15 is 0 Å². The lowest BCUT2D eigenvalue weighted by atomic mass is 10.1. The predicted molar refractivity (Wildman–Crippen MR) is 87.3 cm³/mol. The van der Waals surface area contributed by atoms with Crippen molar-refractivity contribution in [3.8, 4) is 34.1 Å². The number of hydrogen-bond acceptors (Lipinski definition) is 4. The smallest absolute Gasteiger partial charge is 0.183 e. The normalized spacial score (nSPS) is 11.0. The monoisotopic (exact) mass is 338 g/mol. The first-order chi connectivity index (χ1) is 12.1. The maximum atomic E-state index is 14.1. The van der Waals surface area contributed by atoms with Gasteiger partial charge in [0.05, 0.1) is 17.3 Å². The maximum Gasteiger partial charge on any atom is 0.183 e. The van der Waals surface area contributed by atoms with Gasteiger partial charge < -0.3 is 4.52 Å². The minimum Gasteiger partial charge on any atom is -0.355 e. The topological polar surface area (TPSA) is 56.7 Å². The average molecular weight is 338 g/mol. The standard InChI is InChI=1S/C18H12F2N4O/c1-24-18(22-17(23-24)11-6-3-2-4-7-11)12-10-21-25-16(12)15-13(19)8-5-9-14(15)20/h2-10H,1H3. The number of aromatic nitrogens is 4. The van der Waals surface area contributed by atoms with E-state index in [0.717, 1.165) is 17.7 Å². The molecular formula is C18H12F2N4O. The van der Waals surface area contributed by atoms with Gasteiger partial charge in [0.2, 0.25) is 0 Å². The molecule has 0 bridgehead atoms. The molecule has 4 rings (SSSR count). The molecule has 0 N–H and O–H groups in total. The predicted octanol–water partition coefficient (Wildman–Crippen LogP) is 4.08. The van der Waals surface area contributed by atoms with Crippen LogP contribution in [0, 0.1) is 11.6 Å². The number of rotatable bonds is 3. The third kappa shape index (κ3) is 2.59. The van der Waals surface area contributed by atoms with Gasteiger partial charge in [-0.1, -0.05) is 41.6 Å². The number of nitrogens with zero attached hydrogens (tertiary/aromatic N) is 4. The summed E-state index contributed by atoms with van der Waals surface area (Å²) < 4.78 is 34.9. The molecule has 0 unspecified atom stereocenters. The first kappa shape index (κ1) is 15.2. The van der Waals surface area contributed by atoms with Crippen LogP contribution in [0.4, 0.5) is 8.78 Å². The molecule has 7 heteroatoms. The van der Waals surface area contributed by atoms with Gasteiger partial charge in [0.1, 0.15) is 11.6 Å². The number of halogens is 2. The second kappa shape index (κ2) is 5.94. The third-order valence-corrected chi connectivity index (χ3v) is 3.80. The average Bonchev–Trinajstić information content (AvgIpc) is 3.22. The molecule has 25 heavy (non-hydrogen) atoms. The first-order valence-corrected chi connectivity index (χ1v) is 7.51. The second-order valence-corrected chi connectivity index (χ2v) is 5.41. The molecule has 0 aliphatic carbocycles. The van der Waals surface area contributed by atoms with E-state index in [1.165, 1.54) is 16.9 Å². The summed E-state index contributed by atoms with van der Waals surface area (Å²) in [6.07, 6.45) is 1.38. The molecule has 0 aliphatic rings. The summed E-state index contributed by atoms with van der Waals surface area (Å²) in [5, 5.41) is 8.06. The molecule has 0 saturated heterocycles. The Morgan fingerprint density at radius 2 is 1.68 bits per heavy atom. The molecule has 5 nitrogen and oxygen atoms in total. The quantitative estimate of drug-likeness (QED) is 0.565. The second-order valence-electron chi connectivity index (χ2n) is 5.41. The maximum absolute atomic E-state index is 14.1. The van der Waals surface area contributed by atoms with Crippen LogP contribution in [-0.4, -0.2) is 19.9 Å². The molecule has 2 aromatic carbocycles. The Morgan fingerprint density at radius 3 is 2.40 bits per heavy atom. The van der Waals surface area contributed by atoms with Crippen molar-refractivity contribution >= 4 is 0 Å². The van der Waals surface area contributed by atoms with Gasteiger partial charge in [0, 0.05) is 12.6 Å². The van der Waals surface area contributed by atoms with Crippen LogP contribution in [0.25, 0.3) is 34.1 Å². The number of aryl methyl sites for hydroxylation is 1. The zero-order chi connectivity index (χ0) is 17.4. The minimum absolute atomic E-state index is 0.0225. The number of benzene rings is 2. The lowest BCUT2D eigenvalue weighted by Crippen LogP contribution is -1.96. The molecule has 4 aromatic rings. The Labute approximate surface area is 141 Å². The fourth-order valence-electron chi connectivity index (χ4n) is 2.62. The highest BCUT2D eigenvalue weighted by molar-refractivity contribution is 5.77. The van der Waals surface area contributed by atoms with Gasteiger partial charge in [-0.3, -0.25) is 0 Å². The first-order valence-electron chi connectivity index (χ1n) is 7.51. The molecule has 2 heterocycles. The molecule has 0 saturated carbocycles. The highest BCUT2D eigenvalue weighted by Crippen LogP contribution is 2.34. The van der Waals surface area contributed by atoms with Crippen molar-refractivity contribution in [2.75, 3.05) is 0 Å². The van der Waals surface area contributed by atoms with Crippen molar-refractivity contribution in [1.82, 2.24) is 19.9 Å². The molecule has 124 valence electrons. The Bertz CT molecular complexity index is 1020. The van der Waals surface area contributed by atoms with E-state index in [4.69, 9.17) is 4.52 Å². The van der Waals surface area contributed by atoms with E-state index < -0.39 is 11.6 Å². The number of hydrogen-bond donors (Lipinski definition) is 0. The minimum atomic E-state index is -0.733. The molecule has 0 atom stereocenters. The van der Waals surface area contributed by atoms with Gasteiger partial charge in [0.25, 0.3) is 0 Å². The van der Waals surface area contributed by atoms with Crippen LogP contribution in [0.2, 0.25) is 0 Å². The Balaban J connectivity index is 1.86. The molecule has 0 spiro atoms. The summed E-state index contributed by atoms with van der Waals surface area (Å²) in [5.74, 6) is -0.588. The van der Waals surface area contributed by atoms with E-state index in [0.29, 0.717) is 17.2 Å². The Hall–Kier alpha value is -3.35. The zero-order valence-electron chi connectivity index (χ0n) is 13.1. The fraction of sp³-hybridized carbons (Fsp3) is 0.0556. The van der Waals surface area contributed by atoms with Crippen LogP contribution in [0.3, 0.4) is 0 Å². The highest BCUT2D eigenvalue weighted by atomic mass is 19.1. The van der Waals surface area contributed by atoms with E-state index in [1.807, 2.05) is 30.3 Å². The molecule has 0 radical (unpaired) electrons. The fourth-order valence-corrected chi connectivity index (χ4v) is 2.62. The molecule has 0 amide bonds. The summed E-state index contributed by atoms with van der Waals surface area (Å²) in [6.45, 7) is 0. The van der Waals surface area contributed by atoms with Gasteiger partial charge in [0.15, 0.2) is 17.4 Å². The van der Waals surface area contributed by atoms with Crippen LogP contribution in [0.15, 0.2) is 59.3 Å². The Kier molecular flexibility index (Phi) is 3.61. The van der Waals surface area contributed by atoms with Crippen LogP contribution in [0.5, 0.6) is 0 Å². The molecule has 0 fully saturated rings. The molecule has 2 aromatic heterocycles. The van der Waals surface area contributed by atoms with Crippen LogP contribution >= 0.6 is 0 Å². The molecular weight excluding hydrogens is 326 g/mol. The lowest BCUT2D eigenvalue weighted by molar-refractivity contribution is 0.427. The van der Waals surface area contributed by atoms with Crippen molar-refractivity contribution in [1.29, 1.82) is 0 Å². The van der Waals surface area contributed by atoms with Gasteiger partial charge in [-0.15, -0.1) is 0 Å². The summed E-state index contributed by atoms with van der Waals surface area (Å²) in [6, 6.07) is 13.0. The molecule has 0 aliphatic heterocycles. The van der Waals surface area contributed by atoms with Gasteiger partial charge >= 0.3 is 0 Å². The van der Waals surface area contributed by atoms with Crippen molar-refractivity contribution < 1.29 is 13.3 Å². The Morgan fingerprint density at radius 1 is 0.960 bits per heavy atom. The lowest BCUT2D eigenvalue weighted by Gasteiger charge is -2.03. The highest BCUT2D eigenvalue weighted by Gasteiger charge is 2.23. The summed E-state index contributed by atoms with van der Waals surface area (Å²) in [5.41, 5.74) is 0.917. The van der Waals surface area contributed by atoms with Crippen molar-refractivity contribution in [3.63, 3.8) is 0 Å². The van der Waals surface area contributed by atoms with Gasteiger partial charge in [-0.05, 0) is 12.1 Å². The van der Waals surface area contributed by atoms with Crippen molar-refractivity contribution in [2.45, 2.75) is 0 Å². The van der Waals surface area contributed by atoms with Crippen LogP contribution in [0.1, 0.15) is 0 Å². The summed E-state index contributed by atoms with van der Waals surface area (Å²) >= 11 is 0. The third-order valence-electron chi connectivity index (χ3n) is 3.80. The summed E-state index contributed by atoms with van der Waals surface area (Å²) in [7, 11) is 1.70. The largest absolute Gasteiger partial charge is 0.355 e. The van der Waals surface area contributed by atoms with Crippen molar-refractivity contribution in [3.05, 3.63) is 66.4 Å². The van der Waals surface area contributed by atoms with Gasteiger partial charge in [-0.2, -0.15) is 5.10 Å². The van der Waals surface area contributed by atoms with Crippen molar-refractivity contribution in [2.24, 2.45) is 7.05 Å². The SMILES string of the molecule is Cn1nc(-c2ccccc2)nc1-c1cnoc1-c1c(F)cccc1F. The van der Waals surface area contributed by atoms with E-state index in [2.05, 4.69) is 15.2 Å². The van der Waals surface area contributed by atoms with E-state index in [9.17, 15) is 8.78 Å².